The van der Waals surface area contributed by atoms with Gasteiger partial charge in [-0.25, -0.2) is 0 Å². The molecule has 0 aliphatic carbocycles. The SMILES string of the molecule is CSc1ccc(CNCCc2ccccc2C)cc1. The molecule has 2 aromatic carbocycles. The molecule has 0 heterocycles. The Kier molecular flexibility index (Phi) is 5.49. The van der Waals surface area contributed by atoms with Gasteiger partial charge in [0.05, 0.1) is 0 Å². The molecule has 100 valence electrons. The molecule has 19 heavy (non-hydrogen) atoms. The van der Waals surface area contributed by atoms with Gasteiger partial charge < -0.3 is 5.32 Å². The third-order valence-electron chi connectivity index (χ3n) is 3.32. The molecule has 0 aliphatic heterocycles. The van der Waals surface area contributed by atoms with E-state index in [0.717, 1.165) is 19.5 Å². The smallest absolute Gasteiger partial charge is 0.0205 e. The van der Waals surface area contributed by atoms with Crippen LogP contribution in [0.1, 0.15) is 16.7 Å². The van der Waals surface area contributed by atoms with Crippen molar-refractivity contribution in [1.29, 1.82) is 0 Å². The minimum atomic E-state index is 0.945. The van der Waals surface area contributed by atoms with Gasteiger partial charge in [0.1, 0.15) is 0 Å². The van der Waals surface area contributed by atoms with Crippen LogP contribution in [-0.4, -0.2) is 12.8 Å². The summed E-state index contributed by atoms with van der Waals surface area (Å²) in [6.45, 7) is 4.14. The van der Waals surface area contributed by atoms with Crippen molar-refractivity contribution in [3.63, 3.8) is 0 Å². The molecule has 2 heteroatoms. The zero-order chi connectivity index (χ0) is 13.5. The van der Waals surface area contributed by atoms with Crippen molar-refractivity contribution in [3.8, 4) is 0 Å². The second kappa shape index (κ2) is 7.37. The van der Waals surface area contributed by atoms with Gasteiger partial charge in [0, 0.05) is 11.4 Å². The van der Waals surface area contributed by atoms with Crippen LogP contribution < -0.4 is 5.32 Å². The highest BCUT2D eigenvalue weighted by atomic mass is 32.2. The normalized spacial score (nSPS) is 10.6. The van der Waals surface area contributed by atoms with Crippen LogP contribution in [0.4, 0.5) is 0 Å². The highest BCUT2D eigenvalue weighted by Crippen LogP contribution is 2.14. The van der Waals surface area contributed by atoms with E-state index in [2.05, 4.69) is 67.0 Å². The molecular formula is C17H21NS. The largest absolute Gasteiger partial charge is 0.312 e. The van der Waals surface area contributed by atoms with E-state index in [4.69, 9.17) is 0 Å². The number of thioether (sulfide) groups is 1. The van der Waals surface area contributed by atoms with Crippen molar-refractivity contribution in [2.45, 2.75) is 24.8 Å². The first-order valence-corrected chi connectivity index (χ1v) is 7.90. The number of aryl methyl sites for hydroxylation is 1. The van der Waals surface area contributed by atoms with Gasteiger partial charge >= 0.3 is 0 Å². The Morgan fingerprint density at radius 3 is 2.42 bits per heavy atom. The molecular weight excluding hydrogens is 250 g/mol. The maximum Gasteiger partial charge on any atom is 0.0205 e. The molecule has 0 unspecified atom stereocenters. The van der Waals surface area contributed by atoms with Crippen LogP contribution in [0.15, 0.2) is 53.4 Å². The summed E-state index contributed by atoms with van der Waals surface area (Å²) in [4.78, 5) is 1.32. The van der Waals surface area contributed by atoms with Crippen molar-refractivity contribution >= 4 is 11.8 Å². The van der Waals surface area contributed by atoms with Gasteiger partial charge in [0.15, 0.2) is 0 Å². The number of rotatable bonds is 6. The summed E-state index contributed by atoms with van der Waals surface area (Å²) in [6, 6.07) is 17.4. The summed E-state index contributed by atoms with van der Waals surface area (Å²) in [5.41, 5.74) is 4.17. The molecule has 2 rings (SSSR count). The summed E-state index contributed by atoms with van der Waals surface area (Å²) in [7, 11) is 0. The van der Waals surface area contributed by atoms with Gasteiger partial charge in [-0.05, 0) is 55.0 Å². The Morgan fingerprint density at radius 2 is 1.74 bits per heavy atom. The molecule has 0 radical (unpaired) electrons. The first kappa shape index (κ1) is 14.2. The van der Waals surface area contributed by atoms with Crippen molar-refractivity contribution in [2.24, 2.45) is 0 Å². The van der Waals surface area contributed by atoms with Gasteiger partial charge in [-0.1, -0.05) is 36.4 Å². The fourth-order valence-electron chi connectivity index (χ4n) is 2.09. The molecule has 0 aliphatic rings. The number of hydrogen-bond donors (Lipinski definition) is 1. The molecule has 0 saturated heterocycles. The fraction of sp³-hybridized carbons (Fsp3) is 0.294. The molecule has 2 aromatic rings. The zero-order valence-electron chi connectivity index (χ0n) is 11.6. The van der Waals surface area contributed by atoms with E-state index in [1.165, 1.54) is 21.6 Å². The van der Waals surface area contributed by atoms with Gasteiger partial charge in [-0.2, -0.15) is 0 Å². The Hall–Kier alpha value is -1.25. The minimum Gasteiger partial charge on any atom is -0.312 e. The highest BCUT2D eigenvalue weighted by Gasteiger charge is 1.97. The van der Waals surface area contributed by atoms with Crippen LogP contribution in [0.5, 0.6) is 0 Å². The van der Waals surface area contributed by atoms with Crippen molar-refractivity contribution in [1.82, 2.24) is 5.32 Å². The van der Waals surface area contributed by atoms with Gasteiger partial charge in [0.2, 0.25) is 0 Å². The molecule has 0 atom stereocenters. The Morgan fingerprint density at radius 1 is 1.00 bits per heavy atom. The molecule has 0 spiro atoms. The first-order valence-electron chi connectivity index (χ1n) is 6.68. The van der Waals surface area contributed by atoms with E-state index in [1.807, 2.05) is 0 Å². The predicted octanol–water partition coefficient (Wildman–Crippen LogP) is 4.05. The summed E-state index contributed by atoms with van der Waals surface area (Å²) in [5.74, 6) is 0. The van der Waals surface area contributed by atoms with Crippen LogP contribution >= 0.6 is 11.8 Å². The monoisotopic (exact) mass is 271 g/mol. The van der Waals surface area contributed by atoms with Crippen LogP contribution in [0.25, 0.3) is 0 Å². The summed E-state index contributed by atoms with van der Waals surface area (Å²) in [5, 5.41) is 3.51. The second-order valence-corrected chi connectivity index (χ2v) is 5.58. The van der Waals surface area contributed by atoms with E-state index < -0.39 is 0 Å². The topological polar surface area (TPSA) is 12.0 Å². The van der Waals surface area contributed by atoms with Gasteiger partial charge in [-0.3, -0.25) is 0 Å². The van der Waals surface area contributed by atoms with Crippen LogP contribution in [0, 0.1) is 6.92 Å². The van der Waals surface area contributed by atoms with Crippen molar-refractivity contribution in [2.75, 3.05) is 12.8 Å². The summed E-state index contributed by atoms with van der Waals surface area (Å²) < 4.78 is 0. The molecule has 0 aromatic heterocycles. The second-order valence-electron chi connectivity index (χ2n) is 4.70. The summed E-state index contributed by atoms with van der Waals surface area (Å²) in [6.07, 6.45) is 3.20. The lowest BCUT2D eigenvalue weighted by atomic mass is 10.1. The Bertz CT molecular complexity index is 505. The van der Waals surface area contributed by atoms with Gasteiger partial charge in [0.25, 0.3) is 0 Å². The predicted molar refractivity (Wildman–Crippen MR) is 84.8 cm³/mol. The maximum absolute atomic E-state index is 3.51. The van der Waals surface area contributed by atoms with Crippen molar-refractivity contribution < 1.29 is 0 Å². The lowest BCUT2D eigenvalue weighted by Crippen LogP contribution is -2.16. The Balaban J connectivity index is 1.76. The van der Waals surface area contributed by atoms with Gasteiger partial charge in [-0.15, -0.1) is 11.8 Å². The molecule has 0 amide bonds. The van der Waals surface area contributed by atoms with Crippen LogP contribution in [0.3, 0.4) is 0 Å². The average Bonchev–Trinajstić information content (AvgIpc) is 2.46. The lowest BCUT2D eigenvalue weighted by Gasteiger charge is -2.07. The maximum atomic E-state index is 3.51. The molecule has 0 fully saturated rings. The summed E-state index contributed by atoms with van der Waals surface area (Å²) >= 11 is 1.78. The van der Waals surface area contributed by atoms with E-state index in [9.17, 15) is 0 Å². The third-order valence-corrected chi connectivity index (χ3v) is 4.06. The zero-order valence-corrected chi connectivity index (χ0v) is 12.5. The average molecular weight is 271 g/mol. The van der Waals surface area contributed by atoms with Crippen molar-refractivity contribution in [3.05, 3.63) is 65.2 Å². The first-order chi connectivity index (χ1) is 9.29. The molecule has 1 N–H and O–H groups in total. The molecule has 1 nitrogen and oxygen atoms in total. The van der Waals surface area contributed by atoms with Crippen LogP contribution in [-0.2, 0) is 13.0 Å². The quantitative estimate of drug-likeness (QED) is 0.628. The number of nitrogens with one attached hydrogen (secondary N) is 1. The highest BCUT2D eigenvalue weighted by molar-refractivity contribution is 7.98. The van der Waals surface area contributed by atoms with E-state index >= 15 is 0 Å². The van der Waals surface area contributed by atoms with E-state index in [-0.39, 0.29) is 0 Å². The molecule has 0 saturated carbocycles. The number of benzene rings is 2. The fourth-order valence-corrected chi connectivity index (χ4v) is 2.50. The minimum absolute atomic E-state index is 0.945. The van der Waals surface area contributed by atoms with E-state index in [1.54, 1.807) is 11.8 Å². The molecule has 0 bridgehead atoms. The standard InChI is InChI=1S/C17H21NS/c1-14-5-3-4-6-16(14)11-12-18-13-15-7-9-17(19-2)10-8-15/h3-10,18H,11-13H2,1-2H3. The lowest BCUT2D eigenvalue weighted by molar-refractivity contribution is 0.685. The Labute approximate surface area is 120 Å². The number of hydrogen-bond acceptors (Lipinski definition) is 2. The van der Waals surface area contributed by atoms with Crippen LogP contribution in [0.2, 0.25) is 0 Å². The van der Waals surface area contributed by atoms with E-state index in [0.29, 0.717) is 0 Å². The third kappa shape index (κ3) is 4.41.